The average Bonchev–Trinajstić information content (AvgIpc) is 3.21. The van der Waals surface area contributed by atoms with Crippen LogP contribution in [0, 0.1) is 6.92 Å². The molecule has 1 fully saturated rings. The van der Waals surface area contributed by atoms with Gasteiger partial charge in [0.2, 0.25) is 10.8 Å². The maximum absolute atomic E-state index is 10.9. The quantitative estimate of drug-likeness (QED) is 0.700. The number of nitrogens with zero attached hydrogens (tertiary/aromatic N) is 5. The number of aryl methyl sites for hydroxylation is 1. The maximum atomic E-state index is 10.9. The summed E-state index contributed by atoms with van der Waals surface area (Å²) in [5, 5.41) is 15.3. The first-order valence-corrected chi connectivity index (χ1v) is 10.0. The van der Waals surface area contributed by atoms with Gasteiger partial charge in [-0.1, -0.05) is 11.3 Å². The molecule has 2 aromatic heterocycles. The molecule has 1 aliphatic rings. The van der Waals surface area contributed by atoms with Crippen molar-refractivity contribution in [1.29, 1.82) is 0 Å². The highest BCUT2D eigenvalue weighted by atomic mass is 32.1. The van der Waals surface area contributed by atoms with Gasteiger partial charge in [-0.2, -0.15) is 4.52 Å². The summed E-state index contributed by atoms with van der Waals surface area (Å²) in [5.74, 6) is 2.26. The number of methoxy groups -OCH3 is 2. The van der Waals surface area contributed by atoms with Gasteiger partial charge in [-0.25, -0.2) is 4.98 Å². The van der Waals surface area contributed by atoms with E-state index >= 15 is 0 Å². The van der Waals surface area contributed by atoms with Gasteiger partial charge in [0.05, 0.1) is 25.1 Å². The molecule has 1 atom stereocenters. The Morgan fingerprint density at radius 1 is 1.14 bits per heavy atom. The summed E-state index contributed by atoms with van der Waals surface area (Å²) in [4.78, 5) is 10.6. The molecule has 3 aromatic rings. The van der Waals surface area contributed by atoms with E-state index in [-0.39, 0.29) is 11.9 Å². The Morgan fingerprint density at radius 3 is 2.54 bits per heavy atom. The third kappa shape index (κ3) is 3.30. The molecule has 0 amide bonds. The second-order valence-electron chi connectivity index (χ2n) is 6.99. The van der Waals surface area contributed by atoms with Gasteiger partial charge in [0.25, 0.3) is 0 Å². The van der Waals surface area contributed by atoms with Crippen LogP contribution in [0.2, 0.25) is 0 Å². The number of fused-ring (bicyclic) bond motifs is 1. The number of ether oxygens (including phenoxy) is 2. The van der Waals surface area contributed by atoms with E-state index < -0.39 is 0 Å². The number of aromatic hydroxyl groups is 1. The number of aromatic nitrogens is 3. The van der Waals surface area contributed by atoms with Gasteiger partial charge in [-0.05, 0) is 26.1 Å². The lowest BCUT2D eigenvalue weighted by atomic mass is 10.0. The van der Waals surface area contributed by atoms with Crippen LogP contribution in [0.1, 0.15) is 22.3 Å². The van der Waals surface area contributed by atoms with E-state index in [2.05, 4.69) is 26.9 Å². The first-order chi connectivity index (χ1) is 13.5. The first-order valence-electron chi connectivity index (χ1n) is 9.21. The third-order valence-corrected chi connectivity index (χ3v) is 6.26. The van der Waals surface area contributed by atoms with Crippen LogP contribution in [0.25, 0.3) is 4.96 Å². The fourth-order valence-electron chi connectivity index (χ4n) is 3.65. The number of benzene rings is 1. The van der Waals surface area contributed by atoms with Crippen LogP contribution >= 0.6 is 11.3 Å². The predicted octanol–water partition coefficient (Wildman–Crippen LogP) is 2.16. The fourth-order valence-corrected chi connectivity index (χ4v) is 4.81. The molecular formula is C19H25N5O3S. The molecule has 0 saturated carbocycles. The molecule has 1 aliphatic heterocycles. The van der Waals surface area contributed by atoms with Gasteiger partial charge in [0.1, 0.15) is 17.3 Å². The predicted molar refractivity (Wildman–Crippen MR) is 108 cm³/mol. The smallest absolute Gasteiger partial charge is 0.230 e. The number of likely N-dealkylation sites (N-methyl/N-ethyl adjacent to an activating group) is 1. The molecular weight excluding hydrogens is 378 g/mol. The summed E-state index contributed by atoms with van der Waals surface area (Å²) in [5.41, 5.74) is 0.990. The highest BCUT2D eigenvalue weighted by molar-refractivity contribution is 7.17. The van der Waals surface area contributed by atoms with Gasteiger partial charge < -0.3 is 19.5 Å². The van der Waals surface area contributed by atoms with Gasteiger partial charge in [-0.15, -0.1) is 5.10 Å². The second kappa shape index (κ2) is 7.57. The monoisotopic (exact) mass is 403 g/mol. The normalized spacial score (nSPS) is 17.1. The average molecular weight is 404 g/mol. The molecule has 0 radical (unpaired) electrons. The van der Waals surface area contributed by atoms with Crippen molar-refractivity contribution in [3.63, 3.8) is 0 Å². The van der Waals surface area contributed by atoms with Crippen molar-refractivity contribution >= 4 is 16.3 Å². The van der Waals surface area contributed by atoms with Crippen LogP contribution in [0.15, 0.2) is 18.2 Å². The molecule has 1 saturated heterocycles. The molecule has 0 aliphatic carbocycles. The van der Waals surface area contributed by atoms with E-state index in [0.29, 0.717) is 10.8 Å². The van der Waals surface area contributed by atoms with Gasteiger partial charge >= 0.3 is 0 Å². The van der Waals surface area contributed by atoms with Crippen LogP contribution in [0.5, 0.6) is 17.4 Å². The first kappa shape index (κ1) is 19.0. The summed E-state index contributed by atoms with van der Waals surface area (Å²) >= 11 is 1.47. The van der Waals surface area contributed by atoms with Crippen LogP contribution in [-0.4, -0.2) is 77.0 Å². The number of hydrogen-bond donors (Lipinski definition) is 1. The van der Waals surface area contributed by atoms with Gasteiger partial charge in [0.15, 0.2) is 0 Å². The van der Waals surface area contributed by atoms with Crippen molar-refractivity contribution in [2.75, 3.05) is 47.4 Å². The molecule has 28 heavy (non-hydrogen) atoms. The number of hydrogen-bond acceptors (Lipinski definition) is 8. The largest absolute Gasteiger partial charge is 0.497 e. The molecule has 1 N–H and O–H groups in total. The molecule has 8 nitrogen and oxygen atoms in total. The highest BCUT2D eigenvalue weighted by Gasteiger charge is 2.33. The van der Waals surface area contributed by atoms with Crippen molar-refractivity contribution < 1.29 is 14.6 Å². The minimum Gasteiger partial charge on any atom is -0.497 e. The Balaban J connectivity index is 1.84. The zero-order valence-electron chi connectivity index (χ0n) is 16.5. The molecule has 3 heterocycles. The molecule has 0 bridgehead atoms. The minimum absolute atomic E-state index is 0.141. The lowest BCUT2D eigenvalue weighted by molar-refractivity contribution is 0.126. The standard InChI is InChI=1S/C19H25N5O3S/c1-12-20-19-24(21-12)18(25)17(28-19)16(23-9-7-22(2)8-10-23)14-6-5-13(26-3)11-15(14)27-4/h5-6,11,16,25H,7-10H2,1-4H3/t16-/m1/s1. The summed E-state index contributed by atoms with van der Waals surface area (Å²) in [7, 11) is 5.43. The molecule has 150 valence electrons. The Labute approximate surface area is 167 Å². The number of piperazine rings is 1. The van der Waals surface area contributed by atoms with Crippen LogP contribution in [0.4, 0.5) is 0 Å². The van der Waals surface area contributed by atoms with E-state index in [1.54, 1.807) is 14.2 Å². The van der Waals surface area contributed by atoms with E-state index in [1.165, 1.54) is 15.9 Å². The summed E-state index contributed by atoms with van der Waals surface area (Å²) in [6, 6.07) is 5.68. The van der Waals surface area contributed by atoms with E-state index in [1.807, 2.05) is 25.1 Å². The van der Waals surface area contributed by atoms with Crippen LogP contribution in [-0.2, 0) is 0 Å². The van der Waals surface area contributed by atoms with Crippen LogP contribution in [0.3, 0.4) is 0 Å². The van der Waals surface area contributed by atoms with E-state index in [0.717, 1.165) is 48.1 Å². The Morgan fingerprint density at radius 2 is 1.89 bits per heavy atom. The van der Waals surface area contributed by atoms with Crippen LogP contribution < -0.4 is 9.47 Å². The zero-order chi connectivity index (χ0) is 19.8. The van der Waals surface area contributed by atoms with E-state index in [4.69, 9.17) is 9.47 Å². The van der Waals surface area contributed by atoms with Crippen molar-refractivity contribution in [1.82, 2.24) is 24.4 Å². The lowest BCUT2D eigenvalue weighted by Gasteiger charge is -2.38. The van der Waals surface area contributed by atoms with Gasteiger partial charge in [0, 0.05) is 37.8 Å². The lowest BCUT2D eigenvalue weighted by Crippen LogP contribution is -2.46. The van der Waals surface area contributed by atoms with Gasteiger partial charge in [-0.3, -0.25) is 4.90 Å². The van der Waals surface area contributed by atoms with Crippen molar-refractivity contribution in [3.05, 3.63) is 34.5 Å². The van der Waals surface area contributed by atoms with E-state index in [9.17, 15) is 5.11 Å². The van der Waals surface area contributed by atoms with Crippen molar-refractivity contribution in [3.8, 4) is 17.4 Å². The zero-order valence-corrected chi connectivity index (χ0v) is 17.4. The summed E-state index contributed by atoms with van der Waals surface area (Å²) < 4.78 is 12.6. The molecule has 4 rings (SSSR count). The second-order valence-corrected chi connectivity index (χ2v) is 8.00. The summed E-state index contributed by atoms with van der Waals surface area (Å²) in [6.45, 7) is 5.54. The number of thiazole rings is 1. The summed E-state index contributed by atoms with van der Waals surface area (Å²) in [6.07, 6.45) is 0. The molecule has 1 aromatic carbocycles. The SMILES string of the molecule is COc1ccc([C@H](c2sc3nc(C)nn3c2O)N2CCN(C)CC2)c(OC)c1. The Kier molecular flexibility index (Phi) is 5.13. The molecule has 0 unspecified atom stereocenters. The number of rotatable bonds is 5. The maximum Gasteiger partial charge on any atom is 0.230 e. The third-order valence-electron chi connectivity index (χ3n) is 5.19. The van der Waals surface area contributed by atoms with Crippen molar-refractivity contribution in [2.45, 2.75) is 13.0 Å². The topological polar surface area (TPSA) is 75.4 Å². The molecule has 9 heteroatoms. The van der Waals surface area contributed by atoms with Crippen molar-refractivity contribution in [2.24, 2.45) is 0 Å². The Bertz CT molecular complexity index is 978. The molecule has 0 spiro atoms. The Hall–Kier alpha value is -2.36. The minimum atomic E-state index is -0.150. The fraction of sp³-hybridized carbons (Fsp3) is 0.474. The highest BCUT2D eigenvalue weighted by Crippen LogP contribution is 2.43.